The van der Waals surface area contributed by atoms with Crippen LogP contribution in [-0.2, 0) is 6.54 Å². The smallest absolute Gasteiger partial charge is 0.339 e. The fraction of sp³-hybridized carbons (Fsp3) is 0.150. The fourth-order valence-corrected chi connectivity index (χ4v) is 3.10. The number of carbonyl (C=O) groups is 2. The van der Waals surface area contributed by atoms with Crippen LogP contribution >= 0.6 is 11.6 Å². The van der Waals surface area contributed by atoms with E-state index in [9.17, 15) is 14.7 Å². The van der Waals surface area contributed by atoms with Gasteiger partial charge in [0.2, 0.25) is 0 Å². The molecule has 27 heavy (non-hydrogen) atoms. The Balaban J connectivity index is 2.18. The van der Waals surface area contributed by atoms with Crippen LogP contribution in [0.1, 0.15) is 45.4 Å². The minimum Gasteiger partial charge on any atom is -0.478 e. The maximum Gasteiger partial charge on any atom is 0.339 e. The number of imidazole rings is 1. The molecule has 0 bridgehead atoms. The van der Waals surface area contributed by atoms with E-state index >= 15 is 0 Å². The molecule has 1 heterocycles. The van der Waals surface area contributed by atoms with Crippen molar-refractivity contribution in [3.05, 3.63) is 70.0 Å². The van der Waals surface area contributed by atoms with E-state index in [4.69, 9.17) is 16.7 Å². The lowest BCUT2D eigenvalue weighted by Crippen LogP contribution is -2.07. The van der Waals surface area contributed by atoms with Crippen LogP contribution < -0.4 is 0 Å². The van der Waals surface area contributed by atoms with Crippen molar-refractivity contribution in [2.45, 2.75) is 19.9 Å². The molecule has 0 amide bonds. The first-order valence-corrected chi connectivity index (χ1v) is 8.71. The molecule has 0 atom stereocenters. The number of fused-ring (bicyclic) bond motifs is 1. The summed E-state index contributed by atoms with van der Waals surface area (Å²) in [6, 6.07) is 9.66. The summed E-state index contributed by atoms with van der Waals surface area (Å²) < 4.78 is 1.78. The second kappa shape index (κ2) is 7.63. The molecule has 3 rings (SSSR count). The molecule has 6 nitrogen and oxygen atoms in total. The molecule has 0 aliphatic carbocycles. The summed E-state index contributed by atoms with van der Waals surface area (Å²) in [6.45, 7) is 2.33. The van der Waals surface area contributed by atoms with E-state index in [1.54, 1.807) is 22.8 Å². The molecule has 2 N–H and O–H groups in total. The van der Waals surface area contributed by atoms with Crippen molar-refractivity contribution in [1.82, 2.24) is 9.55 Å². The second-order valence-corrected chi connectivity index (χ2v) is 6.37. The molecule has 0 unspecified atom stereocenters. The Hall–Kier alpha value is -3.12. The van der Waals surface area contributed by atoms with E-state index in [-0.39, 0.29) is 16.1 Å². The first-order valence-electron chi connectivity index (χ1n) is 8.33. The number of hydrogen-bond donors (Lipinski definition) is 2. The SMILES string of the molecule is CC/C=C/c1nc2ccc(Cl)c(C(=O)O)c2n1Cc1ccc(C(=O)O)cc1. The molecule has 0 aliphatic rings. The predicted molar refractivity (Wildman–Crippen MR) is 104 cm³/mol. The number of nitrogens with zero attached hydrogens (tertiary/aromatic N) is 2. The van der Waals surface area contributed by atoms with E-state index in [0.717, 1.165) is 12.0 Å². The van der Waals surface area contributed by atoms with Gasteiger partial charge in [-0.1, -0.05) is 36.7 Å². The lowest BCUT2D eigenvalue weighted by molar-refractivity contribution is 0.0687. The number of benzene rings is 2. The minimum absolute atomic E-state index is 0.0000266. The monoisotopic (exact) mass is 384 g/mol. The van der Waals surface area contributed by atoms with E-state index in [1.807, 2.05) is 19.1 Å². The summed E-state index contributed by atoms with van der Waals surface area (Å²) in [7, 11) is 0. The van der Waals surface area contributed by atoms with Gasteiger partial charge in [0.15, 0.2) is 0 Å². The molecule has 0 radical (unpaired) electrons. The van der Waals surface area contributed by atoms with Gasteiger partial charge in [-0.3, -0.25) is 0 Å². The van der Waals surface area contributed by atoms with Crippen molar-refractivity contribution in [2.75, 3.05) is 0 Å². The van der Waals surface area contributed by atoms with Gasteiger partial charge >= 0.3 is 11.9 Å². The van der Waals surface area contributed by atoms with Crippen LogP contribution in [0.4, 0.5) is 0 Å². The third kappa shape index (κ3) is 3.71. The van der Waals surface area contributed by atoms with Crippen LogP contribution in [-0.4, -0.2) is 31.7 Å². The van der Waals surface area contributed by atoms with Crippen LogP contribution in [0.3, 0.4) is 0 Å². The highest BCUT2D eigenvalue weighted by atomic mass is 35.5. The molecule has 0 saturated heterocycles. The van der Waals surface area contributed by atoms with Gasteiger partial charge in [0.25, 0.3) is 0 Å². The minimum atomic E-state index is -1.13. The molecule has 3 aromatic rings. The van der Waals surface area contributed by atoms with Crippen LogP contribution in [0.2, 0.25) is 5.02 Å². The fourth-order valence-electron chi connectivity index (χ4n) is 2.87. The third-order valence-electron chi connectivity index (χ3n) is 4.15. The topological polar surface area (TPSA) is 92.4 Å². The summed E-state index contributed by atoms with van der Waals surface area (Å²) >= 11 is 6.14. The molecule has 0 spiro atoms. The largest absolute Gasteiger partial charge is 0.478 e. The van der Waals surface area contributed by atoms with Crippen molar-refractivity contribution < 1.29 is 19.8 Å². The number of rotatable bonds is 6. The van der Waals surface area contributed by atoms with Gasteiger partial charge in [0.05, 0.1) is 21.6 Å². The first kappa shape index (κ1) is 18.7. The first-order chi connectivity index (χ1) is 12.9. The van der Waals surface area contributed by atoms with Crippen molar-refractivity contribution in [2.24, 2.45) is 0 Å². The second-order valence-electron chi connectivity index (χ2n) is 5.96. The van der Waals surface area contributed by atoms with Gasteiger partial charge in [-0.05, 0) is 42.3 Å². The Bertz CT molecular complexity index is 1050. The van der Waals surface area contributed by atoms with Gasteiger partial charge < -0.3 is 14.8 Å². The van der Waals surface area contributed by atoms with Crippen molar-refractivity contribution >= 4 is 40.6 Å². The molecule has 2 aromatic carbocycles. The van der Waals surface area contributed by atoms with Crippen LogP contribution in [0.25, 0.3) is 17.1 Å². The highest BCUT2D eigenvalue weighted by molar-refractivity contribution is 6.35. The molecular weight excluding hydrogens is 368 g/mol. The number of allylic oxidation sites excluding steroid dienone is 1. The summed E-state index contributed by atoms with van der Waals surface area (Å²) in [6.07, 6.45) is 4.58. The number of hydrogen-bond acceptors (Lipinski definition) is 3. The van der Waals surface area contributed by atoms with Crippen molar-refractivity contribution in [1.29, 1.82) is 0 Å². The molecule has 7 heteroatoms. The number of aromatic carboxylic acids is 2. The van der Waals surface area contributed by atoms with Crippen LogP contribution in [0, 0.1) is 0 Å². The van der Waals surface area contributed by atoms with E-state index in [0.29, 0.717) is 23.4 Å². The van der Waals surface area contributed by atoms with Crippen LogP contribution in [0.15, 0.2) is 42.5 Å². The number of carboxylic acid groups (broad SMARTS) is 2. The van der Waals surface area contributed by atoms with Crippen molar-refractivity contribution in [3.63, 3.8) is 0 Å². The summed E-state index contributed by atoms with van der Waals surface area (Å²) in [5.74, 6) is -1.51. The number of aromatic nitrogens is 2. The zero-order valence-corrected chi connectivity index (χ0v) is 15.3. The van der Waals surface area contributed by atoms with Gasteiger partial charge in [0, 0.05) is 6.54 Å². The quantitative estimate of drug-likeness (QED) is 0.650. The van der Waals surface area contributed by atoms with Crippen LogP contribution in [0.5, 0.6) is 0 Å². The summed E-state index contributed by atoms with van der Waals surface area (Å²) in [4.78, 5) is 27.3. The average Bonchev–Trinajstić information content (AvgIpc) is 2.97. The average molecular weight is 385 g/mol. The molecular formula is C20H17ClN2O4. The Morgan fingerprint density at radius 3 is 2.41 bits per heavy atom. The normalized spacial score (nSPS) is 11.3. The number of halogens is 1. The molecule has 138 valence electrons. The van der Waals surface area contributed by atoms with E-state index < -0.39 is 11.9 Å². The Morgan fingerprint density at radius 2 is 1.81 bits per heavy atom. The maximum atomic E-state index is 11.8. The Labute approximate surface area is 160 Å². The Kier molecular flexibility index (Phi) is 5.28. The molecule has 0 aliphatic heterocycles. The molecule has 0 saturated carbocycles. The van der Waals surface area contributed by atoms with E-state index in [2.05, 4.69) is 4.98 Å². The van der Waals surface area contributed by atoms with Gasteiger partial charge in [0.1, 0.15) is 11.4 Å². The lowest BCUT2D eigenvalue weighted by atomic mass is 10.1. The Morgan fingerprint density at radius 1 is 1.11 bits per heavy atom. The summed E-state index contributed by atoms with van der Waals surface area (Å²) in [5.41, 5.74) is 1.99. The van der Waals surface area contributed by atoms with Gasteiger partial charge in [-0.2, -0.15) is 0 Å². The zero-order chi connectivity index (χ0) is 19.6. The van der Waals surface area contributed by atoms with Crippen molar-refractivity contribution in [3.8, 4) is 0 Å². The maximum absolute atomic E-state index is 11.8. The highest BCUT2D eigenvalue weighted by Crippen LogP contribution is 2.28. The molecule has 1 aromatic heterocycles. The lowest BCUT2D eigenvalue weighted by Gasteiger charge is -2.10. The predicted octanol–water partition coefficient (Wildman–Crippen LogP) is 4.56. The summed E-state index contributed by atoms with van der Waals surface area (Å²) in [5, 5.41) is 18.8. The third-order valence-corrected chi connectivity index (χ3v) is 4.46. The highest BCUT2D eigenvalue weighted by Gasteiger charge is 2.20. The van der Waals surface area contributed by atoms with E-state index in [1.165, 1.54) is 18.2 Å². The van der Waals surface area contributed by atoms with Gasteiger partial charge in [-0.25, -0.2) is 14.6 Å². The van der Waals surface area contributed by atoms with Gasteiger partial charge in [-0.15, -0.1) is 0 Å². The molecule has 0 fully saturated rings. The standard InChI is InChI=1S/C20H17ClN2O4/c1-2-3-4-16-22-15-10-9-14(21)17(20(26)27)18(15)23(16)11-12-5-7-13(8-6-12)19(24)25/h3-10H,2,11H2,1H3,(H,24,25)(H,26,27)/b4-3+. The zero-order valence-electron chi connectivity index (χ0n) is 14.5. The number of carboxylic acids is 2.